The van der Waals surface area contributed by atoms with Crippen LogP contribution in [0.2, 0.25) is 0 Å². The molecule has 0 spiro atoms. The second-order valence-electron chi connectivity index (χ2n) is 5.41. The van der Waals surface area contributed by atoms with E-state index in [0.29, 0.717) is 30.3 Å². The number of rotatable bonds is 6. The number of benzene rings is 1. The molecular formula is C16H21N3O. The molecule has 0 atom stereocenters. The van der Waals surface area contributed by atoms with Gasteiger partial charge in [-0.1, -0.05) is 32.0 Å². The van der Waals surface area contributed by atoms with Crippen LogP contribution in [0.25, 0.3) is 0 Å². The summed E-state index contributed by atoms with van der Waals surface area (Å²) in [6, 6.07) is 7.80. The first-order valence-corrected chi connectivity index (χ1v) is 6.95. The molecule has 4 heteroatoms. The molecule has 20 heavy (non-hydrogen) atoms. The predicted octanol–water partition coefficient (Wildman–Crippen LogP) is 2.27. The standard InChI is InChI=1S/C16H21N3O/c1-12(2)8-13-4-3-5-14(9-13)16(20)15-10-19(7-6-17)11-18-15/h3-5,9-12H,6-8,17H2,1-2H3. The average Bonchev–Trinajstić information content (AvgIpc) is 2.86. The van der Waals surface area contributed by atoms with Gasteiger partial charge in [0.05, 0.1) is 6.33 Å². The normalized spacial score (nSPS) is 11.0. The van der Waals surface area contributed by atoms with E-state index in [1.165, 1.54) is 5.56 Å². The molecule has 106 valence electrons. The second-order valence-corrected chi connectivity index (χ2v) is 5.41. The van der Waals surface area contributed by atoms with Gasteiger partial charge < -0.3 is 10.3 Å². The fourth-order valence-electron chi connectivity index (χ4n) is 2.21. The maximum absolute atomic E-state index is 12.4. The van der Waals surface area contributed by atoms with Crippen molar-refractivity contribution in [2.75, 3.05) is 6.54 Å². The number of imidazole rings is 1. The van der Waals surface area contributed by atoms with E-state index in [4.69, 9.17) is 5.73 Å². The third-order valence-electron chi connectivity index (χ3n) is 3.09. The van der Waals surface area contributed by atoms with Gasteiger partial charge in [-0.3, -0.25) is 4.79 Å². The first-order valence-electron chi connectivity index (χ1n) is 6.95. The summed E-state index contributed by atoms with van der Waals surface area (Å²) in [7, 11) is 0. The predicted molar refractivity (Wildman–Crippen MR) is 79.7 cm³/mol. The monoisotopic (exact) mass is 271 g/mol. The van der Waals surface area contributed by atoms with Crippen molar-refractivity contribution in [2.24, 2.45) is 11.7 Å². The first-order chi connectivity index (χ1) is 9.60. The van der Waals surface area contributed by atoms with Gasteiger partial charge in [-0.25, -0.2) is 4.98 Å². The Morgan fingerprint density at radius 3 is 2.90 bits per heavy atom. The van der Waals surface area contributed by atoms with Crippen LogP contribution in [-0.2, 0) is 13.0 Å². The van der Waals surface area contributed by atoms with Crippen molar-refractivity contribution >= 4 is 5.78 Å². The Kier molecular flexibility index (Phi) is 4.69. The molecular weight excluding hydrogens is 250 g/mol. The van der Waals surface area contributed by atoms with Crippen molar-refractivity contribution in [1.29, 1.82) is 0 Å². The zero-order valence-corrected chi connectivity index (χ0v) is 12.0. The number of carbonyl (C=O) groups excluding carboxylic acids is 1. The molecule has 0 unspecified atom stereocenters. The van der Waals surface area contributed by atoms with Crippen LogP contribution in [0.5, 0.6) is 0 Å². The number of nitrogens with zero attached hydrogens (tertiary/aromatic N) is 2. The Bertz CT molecular complexity index is 587. The van der Waals surface area contributed by atoms with E-state index in [1.807, 2.05) is 22.8 Å². The van der Waals surface area contributed by atoms with Crippen molar-refractivity contribution in [1.82, 2.24) is 9.55 Å². The topological polar surface area (TPSA) is 60.9 Å². The highest BCUT2D eigenvalue weighted by Gasteiger charge is 2.12. The summed E-state index contributed by atoms with van der Waals surface area (Å²) in [5.41, 5.74) is 7.84. The second kappa shape index (κ2) is 6.48. The van der Waals surface area contributed by atoms with Gasteiger partial charge >= 0.3 is 0 Å². The molecule has 2 N–H and O–H groups in total. The van der Waals surface area contributed by atoms with Gasteiger partial charge in [0.25, 0.3) is 0 Å². The van der Waals surface area contributed by atoms with Crippen LogP contribution in [-0.4, -0.2) is 21.9 Å². The van der Waals surface area contributed by atoms with E-state index < -0.39 is 0 Å². The minimum absolute atomic E-state index is 0.0358. The maximum Gasteiger partial charge on any atom is 0.212 e. The molecule has 0 fully saturated rings. The Balaban J connectivity index is 2.19. The van der Waals surface area contributed by atoms with Gasteiger partial charge in [-0.05, 0) is 24.0 Å². The van der Waals surface area contributed by atoms with Gasteiger partial charge in [0.2, 0.25) is 5.78 Å². The lowest BCUT2D eigenvalue weighted by Gasteiger charge is -2.06. The molecule has 1 aromatic heterocycles. The molecule has 2 aromatic rings. The number of nitrogens with two attached hydrogens (primary N) is 1. The lowest BCUT2D eigenvalue weighted by atomic mass is 9.99. The van der Waals surface area contributed by atoms with E-state index in [9.17, 15) is 4.79 Å². The number of hydrogen-bond acceptors (Lipinski definition) is 3. The minimum Gasteiger partial charge on any atom is -0.335 e. The van der Waals surface area contributed by atoms with Crippen molar-refractivity contribution < 1.29 is 4.79 Å². The minimum atomic E-state index is -0.0358. The molecule has 0 saturated heterocycles. The summed E-state index contributed by atoms with van der Waals surface area (Å²) in [6.45, 7) is 5.55. The zero-order valence-electron chi connectivity index (χ0n) is 12.0. The van der Waals surface area contributed by atoms with Gasteiger partial charge in [-0.2, -0.15) is 0 Å². The molecule has 0 aliphatic rings. The van der Waals surface area contributed by atoms with Crippen molar-refractivity contribution in [3.05, 3.63) is 53.6 Å². The van der Waals surface area contributed by atoms with Crippen LogP contribution in [0, 0.1) is 5.92 Å². The van der Waals surface area contributed by atoms with Crippen LogP contribution in [0.4, 0.5) is 0 Å². The van der Waals surface area contributed by atoms with Crippen LogP contribution >= 0.6 is 0 Å². The molecule has 0 aliphatic carbocycles. The highest BCUT2D eigenvalue weighted by atomic mass is 16.1. The number of hydrogen-bond donors (Lipinski definition) is 1. The fraction of sp³-hybridized carbons (Fsp3) is 0.375. The van der Waals surface area contributed by atoms with Gasteiger partial charge in [0.15, 0.2) is 0 Å². The number of ketones is 1. The highest BCUT2D eigenvalue weighted by molar-refractivity contribution is 6.07. The van der Waals surface area contributed by atoms with Crippen LogP contribution < -0.4 is 5.73 Å². The van der Waals surface area contributed by atoms with Gasteiger partial charge in [0.1, 0.15) is 5.69 Å². The molecule has 4 nitrogen and oxygen atoms in total. The lowest BCUT2D eigenvalue weighted by molar-refractivity contribution is 0.103. The van der Waals surface area contributed by atoms with Crippen LogP contribution in [0.15, 0.2) is 36.8 Å². The van der Waals surface area contributed by atoms with Crippen LogP contribution in [0.1, 0.15) is 35.5 Å². The largest absolute Gasteiger partial charge is 0.335 e. The van der Waals surface area contributed by atoms with Crippen molar-refractivity contribution in [2.45, 2.75) is 26.8 Å². The van der Waals surface area contributed by atoms with E-state index in [0.717, 1.165) is 6.42 Å². The molecule has 1 heterocycles. The van der Waals surface area contributed by atoms with E-state index in [-0.39, 0.29) is 5.78 Å². The average molecular weight is 271 g/mol. The Labute approximate surface area is 119 Å². The van der Waals surface area contributed by atoms with E-state index in [1.54, 1.807) is 12.5 Å². The molecule has 0 aliphatic heterocycles. The van der Waals surface area contributed by atoms with Gasteiger partial charge in [0, 0.05) is 24.8 Å². The summed E-state index contributed by atoms with van der Waals surface area (Å²) >= 11 is 0. The molecule has 0 radical (unpaired) electrons. The molecule has 1 aromatic carbocycles. The number of aromatic nitrogens is 2. The number of carbonyl (C=O) groups is 1. The van der Waals surface area contributed by atoms with E-state index >= 15 is 0 Å². The summed E-state index contributed by atoms with van der Waals surface area (Å²) < 4.78 is 1.84. The lowest BCUT2D eigenvalue weighted by Crippen LogP contribution is -2.08. The SMILES string of the molecule is CC(C)Cc1cccc(C(=O)c2cn(CCN)cn2)c1. The summed E-state index contributed by atoms with van der Waals surface area (Å²) in [5, 5.41) is 0. The summed E-state index contributed by atoms with van der Waals surface area (Å²) in [6.07, 6.45) is 4.38. The maximum atomic E-state index is 12.4. The Morgan fingerprint density at radius 1 is 1.40 bits per heavy atom. The third-order valence-corrected chi connectivity index (χ3v) is 3.09. The molecule has 2 rings (SSSR count). The van der Waals surface area contributed by atoms with Crippen molar-refractivity contribution in [3.8, 4) is 0 Å². The van der Waals surface area contributed by atoms with Crippen molar-refractivity contribution in [3.63, 3.8) is 0 Å². The molecule has 0 amide bonds. The Morgan fingerprint density at radius 2 is 2.20 bits per heavy atom. The Hall–Kier alpha value is -1.94. The summed E-state index contributed by atoms with van der Waals surface area (Å²) in [5.74, 6) is 0.537. The molecule has 0 bridgehead atoms. The smallest absolute Gasteiger partial charge is 0.212 e. The van der Waals surface area contributed by atoms with Gasteiger partial charge in [-0.15, -0.1) is 0 Å². The highest BCUT2D eigenvalue weighted by Crippen LogP contribution is 2.13. The van der Waals surface area contributed by atoms with Crippen LogP contribution in [0.3, 0.4) is 0 Å². The zero-order chi connectivity index (χ0) is 14.5. The summed E-state index contributed by atoms with van der Waals surface area (Å²) in [4.78, 5) is 16.6. The fourth-order valence-corrected chi connectivity index (χ4v) is 2.21. The molecule has 0 saturated carbocycles. The van der Waals surface area contributed by atoms with E-state index in [2.05, 4.69) is 24.9 Å². The third kappa shape index (κ3) is 3.54. The first kappa shape index (κ1) is 14.5. The quantitative estimate of drug-likeness (QED) is 0.820.